The zero-order valence-electron chi connectivity index (χ0n) is 13.6. The molecule has 0 unspecified atom stereocenters. The summed E-state index contributed by atoms with van der Waals surface area (Å²) in [4.78, 5) is 30.2. The minimum absolute atomic E-state index is 0.0508. The van der Waals surface area contributed by atoms with Crippen molar-refractivity contribution >= 4 is 40.9 Å². The monoisotopic (exact) mass is 375 g/mol. The first-order chi connectivity index (χ1) is 12.1. The highest BCUT2D eigenvalue weighted by molar-refractivity contribution is 8.00. The largest absolute Gasteiger partial charge is 0.352 e. The number of anilines is 1. The van der Waals surface area contributed by atoms with Gasteiger partial charge in [0.25, 0.3) is 0 Å². The molecule has 0 atom stereocenters. The Hall–Kier alpha value is -2.05. The Morgan fingerprint density at radius 2 is 2.12 bits per heavy atom. The summed E-state index contributed by atoms with van der Waals surface area (Å²) < 4.78 is 0. The fraction of sp³-hybridized carbons (Fsp3) is 0.278. The first-order valence-corrected chi connectivity index (χ1v) is 9.40. The Kier molecular flexibility index (Phi) is 5.94. The number of carbonyl (C=O) groups excluding carboxylic acids is 2. The van der Waals surface area contributed by atoms with Crippen molar-refractivity contribution in [2.24, 2.45) is 0 Å². The molecule has 0 fully saturated rings. The van der Waals surface area contributed by atoms with Gasteiger partial charge in [-0.25, -0.2) is 4.98 Å². The molecule has 3 rings (SSSR count). The van der Waals surface area contributed by atoms with Gasteiger partial charge in [-0.2, -0.15) is 0 Å². The van der Waals surface area contributed by atoms with E-state index in [0.717, 1.165) is 16.3 Å². The summed E-state index contributed by atoms with van der Waals surface area (Å²) >= 11 is 7.53. The Bertz CT molecular complexity index is 784. The molecular weight excluding hydrogens is 358 g/mol. The Balaban J connectivity index is 1.49. The predicted molar refractivity (Wildman–Crippen MR) is 99.8 cm³/mol. The molecule has 0 aliphatic carbocycles. The number of hydrogen-bond donors (Lipinski definition) is 1. The van der Waals surface area contributed by atoms with Crippen LogP contribution >= 0.6 is 23.4 Å². The SMILES string of the molecule is O=C(CCCN1C(=O)CSc2ncccc21)NCc1ccccc1Cl. The second-order valence-corrected chi connectivity index (χ2v) is 7.00. The highest BCUT2D eigenvalue weighted by Crippen LogP contribution is 2.33. The van der Waals surface area contributed by atoms with Crippen molar-refractivity contribution in [1.82, 2.24) is 10.3 Å². The molecule has 0 bridgehead atoms. The van der Waals surface area contributed by atoms with Gasteiger partial charge in [0.2, 0.25) is 11.8 Å². The molecule has 0 saturated carbocycles. The smallest absolute Gasteiger partial charge is 0.237 e. The molecule has 7 heteroatoms. The van der Waals surface area contributed by atoms with Crippen LogP contribution in [0.25, 0.3) is 0 Å². The Labute approximate surface area is 155 Å². The number of rotatable bonds is 6. The topological polar surface area (TPSA) is 62.3 Å². The first kappa shape index (κ1) is 17.8. The molecule has 1 aromatic carbocycles. The van der Waals surface area contributed by atoms with Crippen LogP contribution in [0.15, 0.2) is 47.6 Å². The molecule has 1 N–H and O–H groups in total. The van der Waals surface area contributed by atoms with E-state index < -0.39 is 0 Å². The summed E-state index contributed by atoms with van der Waals surface area (Å²) in [7, 11) is 0. The molecule has 1 aliphatic heterocycles. The molecular formula is C18H18ClN3O2S. The van der Waals surface area contributed by atoms with Gasteiger partial charge < -0.3 is 10.2 Å². The van der Waals surface area contributed by atoms with E-state index >= 15 is 0 Å². The Morgan fingerprint density at radius 3 is 2.96 bits per heavy atom. The zero-order valence-corrected chi connectivity index (χ0v) is 15.1. The number of pyridine rings is 1. The normalized spacial score (nSPS) is 13.5. The average molecular weight is 376 g/mol. The van der Waals surface area contributed by atoms with Gasteiger partial charge in [-0.1, -0.05) is 41.6 Å². The second-order valence-electron chi connectivity index (χ2n) is 5.63. The van der Waals surface area contributed by atoms with E-state index in [2.05, 4.69) is 10.3 Å². The summed E-state index contributed by atoms with van der Waals surface area (Å²) in [5, 5.41) is 4.37. The molecule has 0 radical (unpaired) electrons. The van der Waals surface area contributed by atoms with E-state index in [4.69, 9.17) is 11.6 Å². The van der Waals surface area contributed by atoms with Crippen molar-refractivity contribution < 1.29 is 9.59 Å². The number of halogens is 1. The van der Waals surface area contributed by atoms with Crippen LogP contribution < -0.4 is 10.2 Å². The molecule has 0 spiro atoms. The summed E-state index contributed by atoms with van der Waals surface area (Å²) in [5.74, 6) is 0.398. The lowest BCUT2D eigenvalue weighted by atomic mass is 10.2. The van der Waals surface area contributed by atoms with Gasteiger partial charge in [-0.3, -0.25) is 9.59 Å². The van der Waals surface area contributed by atoms with Crippen molar-refractivity contribution in [1.29, 1.82) is 0 Å². The van der Waals surface area contributed by atoms with Gasteiger partial charge in [-0.05, 0) is 30.2 Å². The molecule has 1 aromatic heterocycles. The minimum atomic E-state index is -0.0508. The van der Waals surface area contributed by atoms with Gasteiger partial charge in [0.15, 0.2) is 0 Å². The number of benzene rings is 1. The van der Waals surface area contributed by atoms with Crippen LogP contribution in [0.2, 0.25) is 5.02 Å². The third kappa shape index (κ3) is 4.52. The van der Waals surface area contributed by atoms with Crippen molar-refractivity contribution in [3.63, 3.8) is 0 Å². The number of nitrogens with zero attached hydrogens (tertiary/aromatic N) is 2. The first-order valence-electron chi connectivity index (χ1n) is 8.03. The van der Waals surface area contributed by atoms with Gasteiger partial charge in [-0.15, -0.1) is 0 Å². The predicted octanol–water partition coefficient (Wildman–Crippen LogP) is 3.27. The molecule has 2 heterocycles. The van der Waals surface area contributed by atoms with Crippen molar-refractivity contribution in [2.75, 3.05) is 17.2 Å². The second kappa shape index (κ2) is 8.36. The van der Waals surface area contributed by atoms with Crippen LogP contribution in [0.1, 0.15) is 18.4 Å². The molecule has 5 nitrogen and oxygen atoms in total. The van der Waals surface area contributed by atoms with Gasteiger partial charge in [0, 0.05) is 30.7 Å². The number of amides is 2. The maximum Gasteiger partial charge on any atom is 0.237 e. The van der Waals surface area contributed by atoms with Gasteiger partial charge in [0.05, 0.1) is 11.4 Å². The highest BCUT2D eigenvalue weighted by Gasteiger charge is 2.25. The van der Waals surface area contributed by atoms with Crippen LogP contribution in [0, 0.1) is 0 Å². The number of aromatic nitrogens is 1. The number of thioether (sulfide) groups is 1. The van der Waals surface area contributed by atoms with E-state index in [9.17, 15) is 9.59 Å². The van der Waals surface area contributed by atoms with Crippen molar-refractivity contribution in [3.05, 3.63) is 53.2 Å². The third-order valence-electron chi connectivity index (χ3n) is 3.89. The molecule has 1 aliphatic rings. The van der Waals surface area contributed by atoms with E-state index in [1.165, 1.54) is 11.8 Å². The third-order valence-corrected chi connectivity index (χ3v) is 5.24. The highest BCUT2D eigenvalue weighted by atomic mass is 35.5. The maximum atomic E-state index is 12.1. The van der Waals surface area contributed by atoms with E-state index in [-0.39, 0.29) is 11.8 Å². The van der Waals surface area contributed by atoms with Crippen molar-refractivity contribution in [3.8, 4) is 0 Å². The lowest BCUT2D eigenvalue weighted by molar-refractivity contribution is -0.121. The zero-order chi connectivity index (χ0) is 17.6. The number of fused-ring (bicyclic) bond motifs is 1. The fourth-order valence-corrected chi connectivity index (χ4v) is 3.69. The summed E-state index contributed by atoms with van der Waals surface area (Å²) in [6.07, 6.45) is 2.68. The maximum absolute atomic E-state index is 12.1. The average Bonchev–Trinajstić information content (AvgIpc) is 2.63. The molecule has 2 aromatic rings. The quantitative estimate of drug-likeness (QED) is 0.841. The fourth-order valence-electron chi connectivity index (χ4n) is 2.61. The van der Waals surface area contributed by atoms with Crippen LogP contribution in [0.5, 0.6) is 0 Å². The molecule has 130 valence electrons. The molecule has 2 amide bonds. The summed E-state index contributed by atoms with van der Waals surface area (Å²) in [6, 6.07) is 11.1. The van der Waals surface area contributed by atoms with Crippen molar-refractivity contribution in [2.45, 2.75) is 24.4 Å². The van der Waals surface area contributed by atoms with Gasteiger partial charge in [0.1, 0.15) is 5.03 Å². The van der Waals surface area contributed by atoms with Crippen LogP contribution in [-0.4, -0.2) is 29.1 Å². The minimum Gasteiger partial charge on any atom is -0.352 e. The van der Waals surface area contributed by atoms with Crippen LogP contribution in [-0.2, 0) is 16.1 Å². The van der Waals surface area contributed by atoms with E-state index in [1.54, 1.807) is 17.2 Å². The number of nitrogens with one attached hydrogen (secondary N) is 1. The Morgan fingerprint density at radius 1 is 1.28 bits per heavy atom. The molecule has 0 saturated heterocycles. The van der Waals surface area contributed by atoms with Crippen LogP contribution in [0.4, 0.5) is 5.69 Å². The lowest BCUT2D eigenvalue weighted by Gasteiger charge is -2.27. The number of carbonyl (C=O) groups is 2. The summed E-state index contributed by atoms with van der Waals surface area (Å²) in [6.45, 7) is 0.919. The van der Waals surface area contributed by atoms with E-state index in [1.807, 2.05) is 30.3 Å². The molecule has 25 heavy (non-hydrogen) atoms. The van der Waals surface area contributed by atoms with Crippen LogP contribution in [0.3, 0.4) is 0 Å². The van der Waals surface area contributed by atoms with Gasteiger partial charge >= 0.3 is 0 Å². The number of hydrogen-bond acceptors (Lipinski definition) is 4. The van der Waals surface area contributed by atoms with E-state index in [0.29, 0.717) is 36.7 Å². The standard InChI is InChI=1S/C18H18ClN3O2S/c19-14-6-2-1-5-13(14)11-21-16(23)8-4-10-22-15-7-3-9-20-18(15)25-12-17(22)24/h1-3,5-7,9H,4,8,10-12H2,(H,21,23). The summed E-state index contributed by atoms with van der Waals surface area (Å²) in [5.41, 5.74) is 1.72. The lowest BCUT2D eigenvalue weighted by Crippen LogP contribution is -2.37.